The lowest BCUT2D eigenvalue weighted by molar-refractivity contribution is 0.557. The predicted octanol–water partition coefficient (Wildman–Crippen LogP) is 2.58. The number of halogens is 2. The van der Waals surface area contributed by atoms with Gasteiger partial charge in [-0.1, -0.05) is 23.7 Å². The highest BCUT2D eigenvalue weighted by Crippen LogP contribution is 2.17. The molecule has 4 nitrogen and oxygen atoms in total. The summed E-state index contributed by atoms with van der Waals surface area (Å²) in [4.78, 5) is -0.409. The average Bonchev–Trinajstić information content (AvgIpc) is 2.40. The zero-order valence-electron chi connectivity index (χ0n) is 11.0. The van der Waals surface area contributed by atoms with Crippen molar-refractivity contribution in [2.45, 2.75) is 11.3 Å². The Morgan fingerprint density at radius 2 is 1.81 bits per heavy atom. The summed E-state index contributed by atoms with van der Waals surface area (Å²) in [6.07, 6.45) is 0.479. The van der Waals surface area contributed by atoms with Crippen molar-refractivity contribution in [1.29, 1.82) is 0 Å². The number of nitrogen functional groups attached to an aromatic ring is 1. The maximum atomic E-state index is 13.6. The van der Waals surface area contributed by atoms with E-state index in [1.807, 2.05) is 0 Å². The molecule has 3 N–H and O–H groups in total. The molecule has 0 aliphatic heterocycles. The Labute approximate surface area is 127 Å². The smallest absolute Gasteiger partial charge is 0.243 e. The molecule has 2 aromatic carbocycles. The van der Waals surface area contributed by atoms with Crippen molar-refractivity contribution in [3.63, 3.8) is 0 Å². The van der Waals surface area contributed by atoms with Crippen molar-refractivity contribution in [3.05, 3.63) is 58.9 Å². The lowest BCUT2D eigenvalue weighted by atomic mass is 10.2. The summed E-state index contributed by atoms with van der Waals surface area (Å²) in [6, 6.07) is 10.5. The van der Waals surface area contributed by atoms with E-state index in [4.69, 9.17) is 17.3 Å². The van der Waals surface area contributed by atoms with Gasteiger partial charge >= 0.3 is 0 Å². The standard InChI is InChI=1S/C14H14ClFN2O2S/c15-11-3-1-10(2-4-11)7-8-18-21(19,20)14-6-5-12(17)9-13(14)16/h1-6,9,18H,7-8,17H2. The molecule has 0 radical (unpaired) electrons. The van der Waals surface area contributed by atoms with Gasteiger partial charge in [-0.25, -0.2) is 17.5 Å². The van der Waals surface area contributed by atoms with Crippen molar-refractivity contribution in [2.75, 3.05) is 12.3 Å². The largest absolute Gasteiger partial charge is 0.399 e. The highest BCUT2D eigenvalue weighted by atomic mass is 35.5. The predicted molar refractivity (Wildman–Crippen MR) is 81.2 cm³/mol. The maximum Gasteiger partial charge on any atom is 0.243 e. The zero-order valence-corrected chi connectivity index (χ0v) is 12.6. The van der Waals surface area contributed by atoms with Gasteiger partial charge in [0.1, 0.15) is 10.7 Å². The van der Waals surface area contributed by atoms with E-state index < -0.39 is 20.7 Å². The number of hydrogen-bond donors (Lipinski definition) is 2. The second-order valence-corrected chi connectivity index (χ2v) is 6.64. The van der Waals surface area contributed by atoms with Crippen LogP contribution in [-0.2, 0) is 16.4 Å². The van der Waals surface area contributed by atoms with Gasteiger partial charge in [0.2, 0.25) is 10.0 Å². The van der Waals surface area contributed by atoms with Crippen LogP contribution in [0, 0.1) is 5.82 Å². The van der Waals surface area contributed by atoms with Gasteiger partial charge in [-0.15, -0.1) is 0 Å². The molecule has 0 heterocycles. The van der Waals surface area contributed by atoms with Crippen molar-refractivity contribution in [3.8, 4) is 0 Å². The highest BCUT2D eigenvalue weighted by Gasteiger charge is 2.18. The van der Waals surface area contributed by atoms with Gasteiger partial charge in [0, 0.05) is 17.3 Å². The molecule has 0 bridgehead atoms. The van der Waals surface area contributed by atoms with Crippen LogP contribution in [0.5, 0.6) is 0 Å². The first-order chi connectivity index (χ1) is 9.88. The summed E-state index contributed by atoms with van der Waals surface area (Å²) in [5.74, 6) is -0.867. The second-order valence-electron chi connectivity index (χ2n) is 4.46. The van der Waals surface area contributed by atoms with Gasteiger partial charge in [0.25, 0.3) is 0 Å². The van der Waals surface area contributed by atoms with Crippen LogP contribution in [0.3, 0.4) is 0 Å². The fourth-order valence-corrected chi connectivity index (χ4v) is 3.01. The lowest BCUT2D eigenvalue weighted by Gasteiger charge is -2.08. The number of hydrogen-bond acceptors (Lipinski definition) is 3. The molecule has 0 amide bonds. The summed E-state index contributed by atoms with van der Waals surface area (Å²) in [5.41, 5.74) is 6.50. The van der Waals surface area contributed by atoms with E-state index in [0.717, 1.165) is 17.7 Å². The fourth-order valence-electron chi connectivity index (χ4n) is 1.79. The van der Waals surface area contributed by atoms with Crippen LogP contribution in [0.4, 0.5) is 10.1 Å². The van der Waals surface area contributed by atoms with E-state index in [1.54, 1.807) is 24.3 Å². The molecule has 0 unspecified atom stereocenters. The number of benzene rings is 2. The van der Waals surface area contributed by atoms with E-state index in [9.17, 15) is 12.8 Å². The number of nitrogens with two attached hydrogens (primary N) is 1. The van der Waals surface area contributed by atoms with Gasteiger partial charge in [-0.05, 0) is 42.3 Å². The summed E-state index contributed by atoms with van der Waals surface area (Å²) in [7, 11) is -3.89. The Morgan fingerprint density at radius 1 is 1.14 bits per heavy atom. The molecule has 0 saturated heterocycles. The van der Waals surface area contributed by atoms with Crippen LogP contribution in [0.25, 0.3) is 0 Å². The van der Waals surface area contributed by atoms with E-state index in [-0.39, 0.29) is 12.2 Å². The molecule has 2 aromatic rings. The first kappa shape index (κ1) is 15.8. The van der Waals surface area contributed by atoms with Gasteiger partial charge in [0.15, 0.2) is 0 Å². The van der Waals surface area contributed by atoms with Gasteiger partial charge in [-0.2, -0.15) is 0 Å². The Kier molecular flexibility index (Phi) is 4.82. The van der Waals surface area contributed by atoms with Crippen LogP contribution >= 0.6 is 11.6 Å². The third-order valence-electron chi connectivity index (χ3n) is 2.86. The first-order valence-electron chi connectivity index (χ1n) is 6.17. The minimum absolute atomic E-state index is 0.160. The molecule has 112 valence electrons. The highest BCUT2D eigenvalue weighted by molar-refractivity contribution is 7.89. The molecular formula is C14H14ClFN2O2S. The molecule has 0 atom stereocenters. The third-order valence-corrected chi connectivity index (χ3v) is 4.61. The summed E-state index contributed by atoms with van der Waals surface area (Å²) in [6.45, 7) is 0.160. The topological polar surface area (TPSA) is 72.2 Å². The number of sulfonamides is 1. The van der Waals surface area contributed by atoms with Gasteiger partial charge in [0.05, 0.1) is 0 Å². The monoisotopic (exact) mass is 328 g/mol. The Balaban J connectivity index is 2.03. The molecule has 0 fully saturated rings. The van der Waals surface area contributed by atoms with Crippen LogP contribution in [0.1, 0.15) is 5.56 Å². The van der Waals surface area contributed by atoms with Crippen LogP contribution in [0.15, 0.2) is 47.4 Å². The minimum atomic E-state index is -3.89. The van der Waals surface area contributed by atoms with E-state index in [2.05, 4.69) is 4.72 Å². The van der Waals surface area contributed by atoms with Crippen molar-refractivity contribution in [1.82, 2.24) is 4.72 Å². The third kappa shape index (κ3) is 4.17. The maximum absolute atomic E-state index is 13.6. The van der Waals surface area contributed by atoms with Crippen molar-refractivity contribution < 1.29 is 12.8 Å². The van der Waals surface area contributed by atoms with E-state index in [0.29, 0.717) is 11.4 Å². The van der Waals surface area contributed by atoms with Crippen LogP contribution < -0.4 is 10.5 Å². The van der Waals surface area contributed by atoms with Crippen molar-refractivity contribution >= 4 is 27.3 Å². The zero-order chi connectivity index (χ0) is 15.5. The summed E-state index contributed by atoms with van der Waals surface area (Å²) >= 11 is 5.77. The quantitative estimate of drug-likeness (QED) is 0.829. The Morgan fingerprint density at radius 3 is 2.43 bits per heavy atom. The molecule has 0 aliphatic rings. The molecule has 0 aliphatic carbocycles. The molecule has 7 heteroatoms. The molecule has 0 saturated carbocycles. The van der Waals surface area contributed by atoms with E-state index >= 15 is 0 Å². The van der Waals surface area contributed by atoms with Crippen molar-refractivity contribution in [2.24, 2.45) is 0 Å². The van der Waals surface area contributed by atoms with E-state index in [1.165, 1.54) is 6.07 Å². The molecule has 0 spiro atoms. The van der Waals surface area contributed by atoms with Gasteiger partial charge in [-0.3, -0.25) is 0 Å². The molecule has 21 heavy (non-hydrogen) atoms. The molecular weight excluding hydrogens is 315 g/mol. The van der Waals surface area contributed by atoms with Crippen LogP contribution in [-0.4, -0.2) is 15.0 Å². The minimum Gasteiger partial charge on any atom is -0.399 e. The van der Waals surface area contributed by atoms with Crippen LogP contribution in [0.2, 0.25) is 5.02 Å². The fraction of sp³-hybridized carbons (Fsp3) is 0.143. The normalized spacial score (nSPS) is 11.5. The number of rotatable bonds is 5. The SMILES string of the molecule is Nc1ccc(S(=O)(=O)NCCc2ccc(Cl)cc2)c(F)c1. The molecule has 2 rings (SSSR count). The second kappa shape index (κ2) is 6.43. The van der Waals surface area contributed by atoms with Gasteiger partial charge < -0.3 is 5.73 Å². The Hall–Kier alpha value is -1.63. The summed E-state index contributed by atoms with van der Waals surface area (Å²) in [5, 5.41) is 0.614. The Bertz CT molecular complexity index is 733. The number of anilines is 1. The first-order valence-corrected chi connectivity index (χ1v) is 8.04. The summed E-state index contributed by atoms with van der Waals surface area (Å²) < 4.78 is 40.0. The number of nitrogens with one attached hydrogen (secondary N) is 1. The lowest BCUT2D eigenvalue weighted by Crippen LogP contribution is -2.26. The molecule has 0 aromatic heterocycles. The average molecular weight is 329 g/mol.